The molecule has 0 spiro atoms. The summed E-state index contributed by atoms with van der Waals surface area (Å²) in [5, 5.41) is 0.683. The van der Waals surface area contributed by atoms with Crippen molar-refractivity contribution < 1.29 is 4.39 Å². The van der Waals surface area contributed by atoms with Crippen LogP contribution in [0.5, 0.6) is 0 Å². The van der Waals surface area contributed by atoms with Gasteiger partial charge in [0.1, 0.15) is 0 Å². The van der Waals surface area contributed by atoms with E-state index in [9.17, 15) is 4.39 Å². The number of hydrogen-bond donors (Lipinski definition) is 1. The van der Waals surface area contributed by atoms with Crippen molar-refractivity contribution in [2.75, 3.05) is 6.54 Å². The predicted molar refractivity (Wildman–Crippen MR) is 53.4 cm³/mol. The highest BCUT2D eigenvalue weighted by atomic mass is 35.5. The van der Waals surface area contributed by atoms with Crippen LogP contribution in [0.15, 0.2) is 36.2 Å². The molecule has 1 aromatic carbocycles. The number of benzene rings is 1. The second-order valence-electron chi connectivity index (χ2n) is 2.77. The van der Waals surface area contributed by atoms with Gasteiger partial charge in [0, 0.05) is 11.6 Å². The SMILES string of the molecule is NCC(=CF)Cc1ccc(Cl)cc1. The van der Waals surface area contributed by atoms with E-state index in [1.807, 2.05) is 12.1 Å². The molecule has 0 unspecified atom stereocenters. The van der Waals surface area contributed by atoms with Gasteiger partial charge in [0.2, 0.25) is 0 Å². The number of halogens is 2. The van der Waals surface area contributed by atoms with Crippen molar-refractivity contribution in [3.8, 4) is 0 Å². The van der Waals surface area contributed by atoms with Gasteiger partial charge in [0.05, 0.1) is 6.33 Å². The summed E-state index contributed by atoms with van der Waals surface area (Å²) >= 11 is 5.70. The topological polar surface area (TPSA) is 26.0 Å². The standard InChI is InChI=1S/C10H11ClFN/c11-10-3-1-8(2-4-10)5-9(6-12)7-13/h1-4,6H,5,7,13H2. The summed E-state index contributed by atoms with van der Waals surface area (Å²) < 4.78 is 12.2. The van der Waals surface area contributed by atoms with E-state index in [2.05, 4.69) is 0 Å². The Morgan fingerprint density at radius 1 is 1.38 bits per heavy atom. The second kappa shape index (κ2) is 5.00. The van der Waals surface area contributed by atoms with Gasteiger partial charge in [0.25, 0.3) is 0 Å². The summed E-state index contributed by atoms with van der Waals surface area (Å²) in [6.45, 7) is 0.249. The van der Waals surface area contributed by atoms with E-state index >= 15 is 0 Å². The van der Waals surface area contributed by atoms with Crippen molar-refractivity contribution in [2.24, 2.45) is 5.73 Å². The van der Waals surface area contributed by atoms with Gasteiger partial charge in [0.15, 0.2) is 0 Å². The third-order valence-corrected chi connectivity index (χ3v) is 2.01. The first-order chi connectivity index (χ1) is 6.26. The van der Waals surface area contributed by atoms with E-state index < -0.39 is 0 Å². The zero-order valence-corrected chi connectivity index (χ0v) is 7.89. The average Bonchev–Trinajstić information content (AvgIpc) is 2.17. The zero-order chi connectivity index (χ0) is 9.68. The molecule has 0 heterocycles. The molecule has 70 valence electrons. The lowest BCUT2D eigenvalue weighted by atomic mass is 10.1. The number of nitrogens with two attached hydrogens (primary N) is 1. The van der Waals surface area contributed by atoms with Gasteiger partial charge < -0.3 is 5.73 Å². The molecule has 0 saturated heterocycles. The fourth-order valence-corrected chi connectivity index (χ4v) is 1.15. The summed E-state index contributed by atoms with van der Waals surface area (Å²) in [7, 11) is 0. The van der Waals surface area contributed by atoms with Crippen LogP contribution < -0.4 is 5.73 Å². The molecule has 0 amide bonds. The molecule has 2 N–H and O–H groups in total. The Hall–Kier alpha value is -0.860. The van der Waals surface area contributed by atoms with Crippen molar-refractivity contribution in [2.45, 2.75) is 6.42 Å². The van der Waals surface area contributed by atoms with Crippen LogP contribution in [0.1, 0.15) is 5.56 Å². The highest BCUT2D eigenvalue weighted by Gasteiger charge is 1.97. The second-order valence-corrected chi connectivity index (χ2v) is 3.21. The Labute approximate surface area is 82.0 Å². The lowest BCUT2D eigenvalue weighted by Gasteiger charge is -2.02. The fourth-order valence-electron chi connectivity index (χ4n) is 1.02. The summed E-state index contributed by atoms with van der Waals surface area (Å²) in [4.78, 5) is 0. The summed E-state index contributed by atoms with van der Waals surface area (Å²) in [5.74, 6) is 0. The molecule has 3 heteroatoms. The van der Waals surface area contributed by atoms with Crippen molar-refractivity contribution in [3.05, 3.63) is 46.8 Å². The highest BCUT2D eigenvalue weighted by molar-refractivity contribution is 6.30. The van der Waals surface area contributed by atoms with Crippen LogP contribution >= 0.6 is 11.6 Å². The van der Waals surface area contributed by atoms with Crippen LogP contribution in [-0.2, 0) is 6.42 Å². The normalized spacial score (nSPS) is 11.8. The third-order valence-electron chi connectivity index (χ3n) is 1.76. The lowest BCUT2D eigenvalue weighted by Crippen LogP contribution is -2.05. The molecule has 1 nitrogen and oxygen atoms in total. The number of hydrogen-bond acceptors (Lipinski definition) is 1. The van der Waals surface area contributed by atoms with Crippen LogP contribution in [0.2, 0.25) is 5.02 Å². The van der Waals surface area contributed by atoms with Crippen molar-refractivity contribution >= 4 is 11.6 Å². The van der Waals surface area contributed by atoms with Crippen LogP contribution in [-0.4, -0.2) is 6.54 Å². The smallest absolute Gasteiger partial charge is 0.0875 e. The van der Waals surface area contributed by atoms with E-state index in [0.29, 0.717) is 23.3 Å². The van der Waals surface area contributed by atoms with Gasteiger partial charge in [-0.2, -0.15) is 0 Å². The zero-order valence-electron chi connectivity index (χ0n) is 7.13. The van der Waals surface area contributed by atoms with Crippen LogP contribution in [0, 0.1) is 0 Å². The quantitative estimate of drug-likeness (QED) is 0.796. The first-order valence-corrected chi connectivity index (χ1v) is 4.36. The highest BCUT2D eigenvalue weighted by Crippen LogP contribution is 2.12. The molecule has 0 aliphatic heterocycles. The molecule has 0 aliphatic carbocycles. The van der Waals surface area contributed by atoms with Crippen molar-refractivity contribution in [1.82, 2.24) is 0 Å². The van der Waals surface area contributed by atoms with Gasteiger partial charge >= 0.3 is 0 Å². The molecule has 0 bridgehead atoms. The van der Waals surface area contributed by atoms with Gasteiger partial charge in [-0.1, -0.05) is 23.7 Å². The maximum absolute atomic E-state index is 12.2. The third kappa shape index (κ3) is 3.17. The molecule has 0 fully saturated rings. The minimum absolute atomic E-state index is 0.249. The van der Waals surface area contributed by atoms with Gasteiger partial charge in [-0.3, -0.25) is 0 Å². The molecule has 0 aromatic heterocycles. The van der Waals surface area contributed by atoms with Gasteiger partial charge in [-0.25, -0.2) is 4.39 Å². The molecule has 0 atom stereocenters. The summed E-state index contributed by atoms with van der Waals surface area (Å²) in [6.07, 6.45) is 1.11. The fraction of sp³-hybridized carbons (Fsp3) is 0.200. The maximum atomic E-state index is 12.2. The first-order valence-electron chi connectivity index (χ1n) is 3.99. The Bertz CT molecular complexity index is 292. The lowest BCUT2D eigenvalue weighted by molar-refractivity contribution is 0.699. The monoisotopic (exact) mass is 199 g/mol. The van der Waals surface area contributed by atoms with E-state index in [4.69, 9.17) is 17.3 Å². The first kappa shape index (κ1) is 10.2. The van der Waals surface area contributed by atoms with Crippen LogP contribution in [0.25, 0.3) is 0 Å². The molecular formula is C10H11ClFN. The molecule has 1 aromatic rings. The largest absolute Gasteiger partial charge is 0.327 e. The minimum atomic E-state index is 0.249. The van der Waals surface area contributed by atoms with E-state index in [-0.39, 0.29) is 6.54 Å². The molecule has 0 radical (unpaired) electrons. The molecular weight excluding hydrogens is 189 g/mol. The van der Waals surface area contributed by atoms with Crippen LogP contribution in [0.3, 0.4) is 0 Å². The van der Waals surface area contributed by atoms with E-state index in [1.54, 1.807) is 12.1 Å². The Balaban J connectivity index is 2.69. The Kier molecular flexibility index (Phi) is 3.93. The van der Waals surface area contributed by atoms with Gasteiger partial charge in [-0.05, 0) is 29.7 Å². The minimum Gasteiger partial charge on any atom is -0.327 e. The molecule has 13 heavy (non-hydrogen) atoms. The van der Waals surface area contributed by atoms with Gasteiger partial charge in [-0.15, -0.1) is 0 Å². The maximum Gasteiger partial charge on any atom is 0.0875 e. The average molecular weight is 200 g/mol. The summed E-state index contributed by atoms with van der Waals surface area (Å²) in [5.41, 5.74) is 6.92. The Morgan fingerprint density at radius 2 is 2.00 bits per heavy atom. The van der Waals surface area contributed by atoms with Crippen LogP contribution in [0.4, 0.5) is 4.39 Å². The molecule has 0 saturated carbocycles. The van der Waals surface area contributed by atoms with Crippen molar-refractivity contribution in [1.29, 1.82) is 0 Å². The Morgan fingerprint density at radius 3 is 2.46 bits per heavy atom. The van der Waals surface area contributed by atoms with Crippen molar-refractivity contribution in [3.63, 3.8) is 0 Å². The molecule has 0 aliphatic rings. The van der Waals surface area contributed by atoms with E-state index in [0.717, 1.165) is 5.56 Å². The number of rotatable bonds is 3. The summed E-state index contributed by atoms with van der Waals surface area (Å²) in [6, 6.07) is 7.29. The van der Waals surface area contributed by atoms with E-state index in [1.165, 1.54) is 0 Å². The molecule has 1 rings (SSSR count). The predicted octanol–water partition coefficient (Wildman–Crippen LogP) is 2.69.